The molecule has 3 rings (SSSR count). The van der Waals surface area contributed by atoms with Crippen LogP contribution in [0.15, 0.2) is 28.7 Å². The maximum Gasteiger partial charge on any atom is 0.191 e. The summed E-state index contributed by atoms with van der Waals surface area (Å²) in [5, 5.41) is 11.5. The molecule has 7 heteroatoms. The van der Waals surface area contributed by atoms with Gasteiger partial charge in [0.2, 0.25) is 0 Å². The SMILES string of the molecule is CN=C(NCc1ncc(C)s1)NC1CCN(c2cccs2)CC1. The van der Waals surface area contributed by atoms with E-state index < -0.39 is 0 Å². The minimum atomic E-state index is 0.482. The lowest BCUT2D eigenvalue weighted by molar-refractivity contribution is 0.462. The van der Waals surface area contributed by atoms with Gasteiger partial charge in [-0.1, -0.05) is 0 Å². The van der Waals surface area contributed by atoms with E-state index in [1.807, 2.05) is 24.6 Å². The van der Waals surface area contributed by atoms with Gasteiger partial charge in [-0.2, -0.15) is 0 Å². The molecule has 1 aliphatic heterocycles. The Balaban J connectivity index is 1.45. The fourth-order valence-electron chi connectivity index (χ4n) is 2.72. The molecule has 3 heterocycles. The largest absolute Gasteiger partial charge is 0.363 e. The lowest BCUT2D eigenvalue weighted by Crippen LogP contribution is -2.48. The van der Waals surface area contributed by atoms with Crippen LogP contribution >= 0.6 is 22.7 Å². The molecule has 0 radical (unpaired) electrons. The summed E-state index contributed by atoms with van der Waals surface area (Å²) in [6, 6.07) is 4.81. The van der Waals surface area contributed by atoms with Gasteiger partial charge in [0.25, 0.3) is 0 Å². The van der Waals surface area contributed by atoms with E-state index in [-0.39, 0.29) is 0 Å². The van der Waals surface area contributed by atoms with E-state index >= 15 is 0 Å². The fraction of sp³-hybridized carbons (Fsp3) is 0.500. The van der Waals surface area contributed by atoms with Crippen LogP contribution in [0.5, 0.6) is 0 Å². The monoisotopic (exact) mass is 349 g/mol. The molecule has 1 aliphatic rings. The molecule has 0 aromatic carbocycles. The maximum absolute atomic E-state index is 4.37. The van der Waals surface area contributed by atoms with Crippen LogP contribution in [0.25, 0.3) is 0 Å². The highest BCUT2D eigenvalue weighted by molar-refractivity contribution is 7.14. The molecule has 2 aromatic rings. The number of thiophene rings is 1. The van der Waals surface area contributed by atoms with Crippen LogP contribution in [0, 0.1) is 6.92 Å². The van der Waals surface area contributed by atoms with E-state index in [9.17, 15) is 0 Å². The molecule has 0 amide bonds. The molecule has 0 saturated carbocycles. The molecule has 124 valence electrons. The van der Waals surface area contributed by atoms with Gasteiger partial charge in [-0.25, -0.2) is 4.98 Å². The predicted molar refractivity (Wildman–Crippen MR) is 99.7 cm³/mol. The van der Waals surface area contributed by atoms with Crippen molar-refractivity contribution in [1.29, 1.82) is 0 Å². The van der Waals surface area contributed by atoms with Gasteiger partial charge in [0.15, 0.2) is 5.96 Å². The molecule has 2 aromatic heterocycles. The predicted octanol–water partition coefficient (Wildman–Crippen LogP) is 2.85. The van der Waals surface area contributed by atoms with Gasteiger partial charge in [0, 0.05) is 37.3 Å². The number of piperidine rings is 1. The highest BCUT2D eigenvalue weighted by Crippen LogP contribution is 2.24. The molecular weight excluding hydrogens is 326 g/mol. The van der Waals surface area contributed by atoms with E-state index in [2.05, 4.69) is 49.9 Å². The number of rotatable bonds is 4. The molecular formula is C16H23N5S2. The first-order valence-corrected chi connectivity index (χ1v) is 9.61. The molecule has 1 fully saturated rings. The van der Waals surface area contributed by atoms with Gasteiger partial charge in [-0.15, -0.1) is 22.7 Å². The van der Waals surface area contributed by atoms with Crippen LogP contribution in [-0.4, -0.2) is 37.1 Å². The number of nitrogens with one attached hydrogen (secondary N) is 2. The van der Waals surface area contributed by atoms with Crippen molar-refractivity contribution in [2.24, 2.45) is 4.99 Å². The van der Waals surface area contributed by atoms with Crippen molar-refractivity contribution in [2.45, 2.75) is 32.4 Å². The Morgan fingerprint density at radius 2 is 2.26 bits per heavy atom. The second-order valence-corrected chi connectivity index (χ2v) is 7.89. The number of aliphatic imine (C=N–C) groups is 1. The quantitative estimate of drug-likeness (QED) is 0.658. The Morgan fingerprint density at radius 1 is 1.43 bits per heavy atom. The highest BCUT2D eigenvalue weighted by Gasteiger charge is 2.20. The third-order valence-electron chi connectivity index (χ3n) is 3.95. The zero-order valence-electron chi connectivity index (χ0n) is 13.6. The molecule has 23 heavy (non-hydrogen) atoms. The van der Waals surface area contributed by atoms with Gasteiger partial charge in [-0.3, -0.25) is 4.99 Å². The second kappa shape index (κ2) is 7.79. The summed E-state index contributed by atoms with van der Waals surface area (Å²) < 4.78 is 0. The van der Waals surface area contributed by atoms with Crippen LogP contribution < -0.4 is 15.5 Å². The number of thiazole rings is 1. The van der Waals surface area contributed by atoms with Gasteiger partial charge in [0.1, 0.15) is 5.01 Å². The van der Waals surface area contributed by atoms with Crippen LogP contribution in [0.4, 0.5) is 5.00 Å². The molecule has 0 aliphatic carbocycles. The first-order chi connectivity index (χ1) is 11.2. The smallest absolute Gasteiger partial charge is 0.191 e. The van der Waals surface area contributed by atoms with Gasteiger partial charge in [0.05, 0.1) is 11.5 Å². The third-order valence-corrected chi connectivity index (χ3v) is 5.80. The zero-order valence-corrected chi connectivity index (χ0v) is 15.2. The average Bonchev–Trinajstić information content (AvgIpc) is 3.24. The van der Waals surface area contributed by atoms with Crippen molar-refractivity contribution in [3.05, 3.63) is 33.6 Å². The summed E-state index contributed by atoms with van der Waals surface area (Å²) in [7, 11) is 1.82. The zero-order chi connectivity index (χ0) is 16.1. The third kappa shape index (κ3) is 4.45. The Labute approximate surface area is 145 Å². The van der Waals surface area contributed by atoms with Crippen molar-refractivity contribution < 1.29 is 0 Å². The van der Waals surface area contributed by atoms with E-state index in [4.69, 9.17) is 0 Å². The summed E-state index contributed by atoms with van der Waals surface area (Å²) in [5.41, 5.74) is 0. The van der Waals surface area contributed by atoms with Gasteiger partial charge >= 0.3 is 0 Å². The molecule has 1 saturated heterocycles. The summed E-state index contributed by atoms with van der Waals surface area (Å²) in [6.07, 6.45) is 4.18. The summed E-state index contributed by atoms with van der Waals surface area (Å²) in [6.45, 7) is 5.00. The molecule has 0 unspecified atom stereocenters. The number of nitrogens with zero attached hydrogens (tertiary/aromatic N) is 3. The van der Waals surface area contributed by atoms with Crippen LogP contribution in [0.1, 0.15) is 22.7 Å². The molecule has 0 bridgehead atoms. The first kappa shape index (κ1) is 16.3. The van der Waals surface area contributed by atoms with E-state index in [0.29, 0.717) is 6.04 Å². The van der Waals surface area contributed by atoms with Crippen molar-refractivity contribution in [3.8, 4) is 0 Å². The first-order valence-electron chi connectivity index (χ1n) is 7.91. The fourth-order valence-corrected chi connectivity index (χ4v) is 4.24. The van der Waals surface area contributed by atoms with Crippen molar-refractivity contribution >= 4 is 33.6 Å². The van der Waals surface area contributed by atoms with E-state index in [1.54, 1.807) is 11.3 Å². The number of hydrogen-bond donors (Lipinski definition) is 2. The topological polar surface area (TPSA) is 52.6 Å². The Morgan fingerprint density at radius 3 is 2.87 bits per heavy atom. The molecule has 2 N–H and O–H groups in total. The lowest BCUT2D eigenvalue weighted by atomic mass is 10.1. The number of aromatic nitrogens is 1. The minimum Gasteiger partial charge on any atom is -0.363 e. The van der Waals surface area contributed by atoms with Gasteiger partial charge < -0.3 is 15.5 Å². The Hall–Kier alpha value is -1.60. The Bertz CT molecular complexity index is 627. The summed E-state index contributed by atoms with van der Waals surface area (Å²) in [4.78, 5) is 12.4. The second-order valence-electron chi connectivity index (χ2n) is 5.65. The number of aryl methyl sites for hydroxylation is 1. The van der Waals surface area contributed by atoms with Gasteiger partial charge in [-0.05, 0) is 37.3 Å². The highest BCUT2D eigenvalue weighted by atomic mass is 32.1. The number of guanidine groups is 1. The van der Waals surface area contributed by atoms with E-state index in [0.717, 1.165) is 43.4 Å². The van der Waals surface area contributed by atoms with Crippen molar-refractivity contribution in [3.63, 3.8) is 0 Å². The van der Waals surface area contributed by atoms with E-state index in [1.165, 1.54) is 9.88 Å². The number of anilines is 1. The standard InChI is InChI=1S/C16H23N5S2/c1-12-10-18-14(23-12)11-19-16(17-2)20-13-5-7-21(8-6-13)15-4-3-9-22-15/h3-4,9-10,13H,5-8,11H2,1-2H3,(H2,17,19,20). The molecule has 5 nitrogen and oxygen atoms in total. The number of hydrogen-bond acceptors (Lipinski definition) is 5. The van der Waals surface area contributed by atoms with Crippen molar-refractivity contribution in [2.75, 3.05) is 25.0 Å². The minimum absolute atomic E-state index is 0.482. The molecule has 0 atom stereocenters. The normalized spacial score (nSPS) is 16.6. The molecule has 0 spiro atoms. The maximum atomic E-state index is 4.37. The van der Waals surface area contributed by atoms with Crippen molar-refractivity contribution in [1.82, 2.24) is 15.6 Å². The van der Waals surface area contributed by atoms with Crippen LogP contribution in [0.3, 0.4) is 0 Å². The summed E-state index contributed by atoms with van der Waals surface area (Å²) >= 11 is 3.54. The lowest BCUT2D eigenvalue weighted by Gasteiger charge is -2.33. The Kier molecular flexibility index (Phi) is 5.51. The summed E-state index contributed by atoms with van der Waals surface area (Å²) in [5.74, 6) is 0.868. The van der Waals surface area contributed by atoms with Crippen LogP contribution in [0.2, 0.25) is 0 Å². The average molecular weight is 350 g/mol. The van der Waals surface area contributed by atoms with Crippen LogP contribution in [-0.2, 0) is 6.54 Å².